The highest BCUT2D eigenvalue weighted by Gasteiger charge is 2.47. The number of ketones is 1. The molecule has 4 rings (SSSR count). The topological polar surface area (TPSA) is 85.3 Å². The first-order valence-electron chi connectivity index (χ1n) is 10.3. The van der Waals surface area contributed by atoms with Gasteiger partial charge in [-0.05, 0) is 51.6 Å². The van der Waals surface area contributed by atoms with Crippen molar-refractivity contribution in [2.45, 2.75) is 12.6 Å². The average molecular weight is 544 g/mol. The molecule has 3 aromatic rings. The molecule has 7 nitrogen and oxygen atoms in total. The van der Waals surface area contributed by atoms with E-state index >= 15 is 0 Å². The van der Waals surface area contributed by atoms with E-state index in [1.807, 2.05) is 17.5 Å². The fourth-order valence-electron chi connectivity index (χ4n) is 4.03. The molecule has 1 aliphatic rings. The van der Waals surface area contributed by atoms with Gasteiger partial charge < -0.3 is 24.2 Å². The Bertz CT molecular complexity index is 1270. The molecule has 34 heavy (non-hydrogen) atoms. The van der Waals surface area contributed by atoms with E-state index in [1.165, 1.54) is 37.6 Å². The van der Waals surface area contributed by atoms with Crippen LogP contribution in [0.2, 0.25) is 0 Å². The molecule has 0 spiro atoms. The largest absolute Gasteiger partial charge is 0.507 e. The number of thiophene rings is 1. The molecule has 1 aliphatic heterocycles. The van der Waals surface area contributed by atoms with Gasteiger partial charge >= 0.3 is 0 Å². The third kappa shape index (κ3) is 4.17. The fraction of sp³-hybridized carbons (Fsp3) is 0.200. The van der Waals surface area contributed by atoms with E-state index in [0.717, 1.165) is 4.88 Å². The van der Waals surface area contributed by atoms with Gasteiger partial charge in [0.2, 0.25) is 0 Å². The van der Waals surface area contributed by atoms with Gasteiger partial charge in [-0.3, -0.25) is 9.59 Å². The summed E-state index contributed by atoms with van der Waals surface area (Å²) in [6.45, 7) is 0.205. The van der Waals surface area contributed by atoms with Crippen molar-refractivity contribution in [3.05, 3.63) is 80.0 Å². The van der Waals surface area contributed by atoms with Crippen LogP contribution in [0.4, 0.5) is 0 Å². The molecule has 1 fully saturated rings. The molecule has 2 heterocycles. The molecule has 0 bridgehead atoms. The minimum absolute atomic E-state index is 0.0230. The van der Waals surface area contributed by atoms with E-state index < -0.39 is 17.7 Å². The van der Waals surface area contributed by atoms with Crippen LogP contribution in [0.3, 0.4) is 0 Å². The Hall–Kier alpha value is -3.30. The first-order chi connectivity index (χ1) is 16.4. The van der Waals surface area contributed by atoms with Gasteiger partial charge in [-0.15, -0.1) is 11.3 Å². The number of ether oxygens (including phenoxy) is 3. The van der Waals surface area contributed by atoms with Gasteiger partial charge in [0.15, 0.2) is 11.5 Å². The highest BCUT2D eigenvalue weighted by molar-refractivity contribution is 9.10. The summed E-state index contributed by atoms with van der Waals surface area (Å²) in [7, 11) is 4.54. The molecule has 1 amide bonds. The number of hydrogen-bond acceptors (Lipinski definition) is 7. The summed E-state index contributed by atoms with van der Waals surface area (Å²) in [5, 5.41) is 13.2. The zero-order chi connectivity index (χ0) is 24.4. The van der Waals surface area contributed by atoms with Crippen LogP contribution in [0.25, 0.3) is 5.76 Å². The molecular weight excluding hydrogens is 522 g/mol. The maximum atomic E-state index is 13.3. The van der Waals surface area contributed by atoms with E-state index in [1.54, 1.807) is 36.4 Å². The summed E-state index contributed by atoms with van der Waals surface area (Å²) in [5.41, 5.74) is 0.880. The van der Waals surface area contributed by atoms with E-state index in [9.17, 15) is 14.7 Å². The second kappa shape index (κ2) is 9.90. The van der Waals surface area contributed by atoms with Crippen LogP contribution < -0.4 is 14.2 Å². The molecule has 1 saturated heterocycles. The third-order valence-electron chi connectivity index (χ3n) is 5.60. The summed E-state index contributed by atoms with van der Waals surface area (Å²) in [4.78, 5) is 28.9. The lowest BCUT2D eigenvalue weighted by Crippen LogP contribution is -2.29. The molecule has 2 aromatic carbocycles. The number of rotatable bonds is 7. The van der Waals surface area contributed by atoms with Gasteiger partial charge in [0.1, 0.15) is 11.5 Å². The van der Waals surface area contributed by atoms with Gasteiger partial charge in [0, 0.05) is 16.0 Å². The number of carbonyl (C=O) groups excluding carboxylic acids is 2. The molecule has 1 unspecified atom stereocenters. The Balaban J connectivity index is 1.94. The van der Waals surface area contributed by atoms with Crippen LogP contribution in [0, 0.1) is 0 Å². The summed E-state index contributed by atoms with van der Waals surface area (Å²) in [6.07, 6.45) is 0. The third-order valence-corrected chi connectivity index (χ3v) is 7.08. The van der Waals surface area contributed by atoms with E-state index in [0.29, 0.717) is 32.8 Å². The minimum Gasteiger partial charge on any atom is -0.507 e. The number of benzene rings is 2. The van der Waals surface area contributed by atoms with Crippen molar-refractivity contribution in [2.24, 2.45) is 0 Å². The Kier molecular flexibility index (Phi) is 6.95. The van der Waals surface area contributed by atoms with Crippen molar-refractivity contribution in [1.82, 2.24) is 4.90 Å². The number of aliphatic hydroxyl groups is 1. The van der Waals surface area contributed by atoms with Crippen LogP contribution in [0.15, 0.2) is 64.0 Å². The lowest BCUT2D eigenvalue weighted by Gasteiger charge is -2.26. The van der Waals surface area contributed by atoms with E-state index in [2.05, 4.69) is 15.9 Å². The molecule has 9 heteroatoms. The van der Waals surface area contributed by atoms with Crippen molar-refractivity contribution in [3.8, 4) is 17.2 Å². The van der Waals surface area contributed by atoms with Gasteiger partial charge in [0.25, 0.3) is 11.7 Å². The van der Waals surface area contributed by atoms with Crippen molar-refractivity contribution in [1.29, 1.82) is 0 Å². The smallest absolute Gasteiger partial charge is 0.295 e. The molecule has 1 N–H and O–H groups in total. The lowest BCUT2D eigenvalue weighted by atomic mass is 9.94. The van der Waals surface area contributed by atoms with Crippen LogP contribution in [0.1, 0.15) is 22.0 Å². The summed E-state index contributed by atoms with van der Waals surface area (Å²) in [5.74, 6) is -0.344. The zero-order valence-electron chi connectivity index (χ0n) is 18.7. The fourth-order valence-corrected chi connectivity index (χ4v) is 5.28. The molecular formula is C25H22BrNO6S. The van der Waals surface area contributed by atoms with Crippen molar-refractivity contribution < 1.29 is 28.9 Å². The van der Waals surface area contributed by atoms with Crippen LogP contribution in [-0.2, 0) is 16.1 Å². The Morgan fingerprint density at radius 3 is 2.41 bits per heavy atom. The number of methoxy groups -OCH3 is 3. The highest BCUT2D eigenvalue weighted by atomic mass is 79.9. The first kappa shape index (κ1) is 23.8. The zero-order valence-corrected chi connectivity index (χ0v) is 21.1. The van der Waals surface area contributed by atoms with Gasteiger partial charge in [-0.1, -0.05) is 18.2 Å². The molecule has 0 aliphatic carbocycles. The SMILES string of the molecule is COc1ccc(/C(O)=C2\C(=O)C(=O)N(Cc3cccs3)C2c2cccc(OC)c2OC)cc1Br. The average Bonchev–Trinajstić information content (AvgIpc) is 3.45. The number of carbonyl (C=O) groups is 2. The van der Waals surface area contributed by atoms with Crippen LogP contribution >= 0.6 is 27.3 Å². The molecule has 1 atom stereocenters. The summed E-state index contributed by atoms with van der Waals surface area (Å²) in [6, 6.07) is 13.1. The second-order valence-electron chi connectivity index (χ2n) is 7.44. The number of likely N-dealkylation sites (tertiary alicyclic amines) is 1. The number of aliphatic hydroxyl groups excluding tert-OH is 1. The van der Waals surface area contributed by atoms with Crippen molar-refractivity contribution >= 4 is 44.7 Å². The van der Waals surface area contributed by atoms with Gasteiger partial charge in [-0.2, -0.15) is 0 Å². The molecule has 0 radical (unpaired) electrons. The standard InChI is InChI=1S/C25H22BrNO6S/c1-31-18-10-9-14(12-17(18)26)22(28)20-21(16-7-4-8-19(32-2)24(16)33-3)27(25(30)23(20)29)13-15-6-5-11-34-15/h4-12,21,28H,13H2,1-3H3/b22-20+. The quantitative estimate of drug-likeness (QED) is 0.251. The summed E-state index contributed by atoms with van der Waals surface area (Å²) >= 11 is 4.89. The Morgan fingerprint density at radius 2 is 1.79 bits per heavy atom. The molecule has 0 saturated carbocycles. The second-order valence-corrected chi connectivity index (χ2v) is 9.33. The predicted molar refractivity (Wildman–Crippen MR) is 132 cm³/mol. The maximum Gasteiger partial charge on any atom is 0.295 e. The number of amides is 1. The normalized spacial score (nSPS) is 17.2. The molecule has 176 valence electrons. The lowest BCUT2D eigenvalue weighted by molar-refractivity contribution is -0.140. The van der Waals surface area contributed by atoms with Crippen LogP contribution in [0.5, 0.6) is 17.2 Å². The maximum absolute atomic E-state index is 13.3. The first-order valence-corrected chi connectivity index (χ1v) is 11.9. The summed E-state index contributed by atoms with van der Waals surface area (Å²) < 4.78 is 16.9. The molecule has 1 aromatic heterocycles. The van der Waals surface area contributed by atoms with E-state index in [4.69, 9.17) is 14.2 Å². The van der Waals surface area contributed by atoms with Gasteiger partial charge in [-0.25, -0.2) is 0 Å². The number of Topliss-reactive ketones (excluding diaryl/α,β-unsaturated/α-hetero) is 1. The Labute approximate surface area is 209 Å². The number of nitrogens with zero attached hydrogens (tertiary/aromatic N) is 1. The number of halogens is 1. The van der Waals surface area contributed by atoms with Gasteiger partial charge in [0.05, 0.1) is 44.0 Å². The van der Waals surface area contributed by atoms with Crippen molar-refractivity contribution in [2.75, 3.05) is 21.3 Å². The van der Waals surface area contributed by atoms with Crippen LogP contribution in [-0.4, -0.2) is 43.0 Å². The Morgan fingerprint density at radius 1 is 1.03 bits per heavy atom. The number of hydrogen-bond donors (Lipinski definition) is 1. The minimum atomic E-state index is -0.881. The monoisotopic (exact) mass is 543 g/mol. The van der Waals surface area contributed by atoms with E-state index in [-0.39, 0.29) is 17.9 Å². The van der Waals surface area contributed by atoms with Crippen molar-refractivity contribution in [3.63, 3.8) is 0 Å². The number of para-hydroxylation sites is 1. The predicted octanol–water partition coefficient (Wildman–Crippen LogP) is 5.16. The highest BCUT2D eigenvalue weighted by Crippen LogP contribution is 2.46.